The number of halogens is 1. The molecule has 0 saturated carbocycles. The summed E-state index contributed by atoms with van der Waals surface area (Å²) in [6, 6.07) is 49.0. The van der Waals surface area contributed by atoms with Crippen LogP contribution >= 0.6 is 7.26 Å². The Morgan fingerprint density at radius 3 is 1.47 bits per heavy atom. The summed E-state index contributed by atoms with van der Waals surface area (Å²) in [5.74, 6) is 0. The Labute approximate surface area is 202 Å². The topological polar surface area (TPSA) is 0 Å². The quantitative estimate of drug-likeness (QED) is 0.309. The van der Waals surface area contributed by atoms with E-state index in [2.05, 4.69) is 133 Å². The third kappa shape index (κ3) is 4.70. The van der Waals surface area contributed by atoms with Crippen LogP contribution in [0.15, 0.2) is 133 Å². The van der Waals surface area contributed by atoms with Crippen LogP contribution in [0.4, 0.5) is 0 Å². The van der Waals surface area contributed by atoms with Gasteiger partial charge < -0.3 is 17.0 Å². The molecular weight excluding hydrogens is 471 g/mol. The van der Waals surface area contributed by atoms with Gasteiger partial charge in [0.2, 0.25) is 0 Å². The van der Waals surface area contributed by atoms with E-state index in [1.165, 1.54) is 32.5 Å². The molecule has 0 amide bonds. The third-order valence-corrected chi connectivity index (χ3v) is 10.4. The summed E-state index contributed by atoms with van der Waals surface area (Å²) < 4.78 is 0. The number of hydrogen-bond donors (Lipinski definition) is 0. The molecule has 0 atom stereocenters. The lowest BCUT2D eigenvalue weighted by molar-refractivity contribution is -0.00000605. The van der Waals surface area contributed by atoms with Crippen molar-refractivity contribution < 1.29 is 17.0 Å². The second kappa shape index (κ2) is 10.3. The molecule has 0 radical (unpaired) electrons. The summed E-state index contributed by atoms with van der Waals surface area (Å²) in [4.78, 5) is 0. The Morgan fingerprint density at radius 2 is 0.875 bits per heavy atom. The second-order valence-corrected chi connectivity index (χ2v) is 11.7. The molecule has 0 aliphatic rings. The van der Waals surface area contributed by atoms with Crippen molar-refractivity contribution in [2.75, 3.05) is 0 Å². The molecule has 32 heavy (non-hydrogen) atoms. The van der Waals surface area contributed by atoms with Gasteiger partial charge in [-0.3, -0.25) is 0 Å². The molecule has 0 aliphatic carbocycles. The van der Waals surface area contributed by atoms with E-state index in [1.807, 2.05) is 0 Å². The van der Waals surface area contributed by atoms with Crippen LogP contribution in [0.1, 0.15) is 11.1 Å². The van der Waals surface area contributed by atoms with Gasteiger partial charge in [-0.25, -0.2) is 0 Å². The van der Waals surface area contributed by atoms with Crippen LogP contribution in [0.2, 0.25) is 0 Å². The lowest BCUT2D eigenvalue weighted by atomic mass is 10.1. The second-order valence-electron chi connectivity index (χ2n) is 8.12. The molecule has 0 saturated heterocycles. The minimum atomic E-state index is -1.72. The van der Waals surface area contributed by atoms with Crippen LogP contribution < -0.4 is 27.6 Å². The Morgan fingerprint density at radius 1 is 0.406 bits per heavy atom. The molecule has 0 bridgehead atoms. The van der Waals surface area contributed by atoms with Gasteiger partial charge in [-0.15, -0.1) is 0 Å². The fourth-order valence-electron chi connectivity index (χ4n) is 4.54. The van der Waals surface area contributed by atoms with Gasteiger partial charge in [-0.1, -0.05) is 103 Å². The lowest BCUT2D eigenvalue weighted by Gasteiger charge is -2.28. The minimum absolute atomic E-state index is 0. The molecule has 0 fully saturated rings. The molecule has 0 nitrogen and oxygen atoms in total. The van der Waals surface area contributed by atoms with Crippen molar-refractivity contribution in [2.24, 2.45) is 0 Å². The zero-order chi connectivity index (χ0) is 20.9. The molecule has 5 aromatic carbocycles. The number of hydrogen-bond acceptors (Lipinski definition) is 0. The summed E-state index contributed by atoms with van der Waals surface area (Å²) in [6.07, 6.45) is 2.12. The minimum Gasteiger partial charge on any atom is -1.00 e. The Kier molecular flexibility index (Phi) is 7.20. The highest BCUT2D eigenvalue weighted by Gasteiger charge is 2.43. The van der Waals surface area contributed by atoms with E-state index in [1.54, 1.807) is 0 Å². The van der Waals surface area contributed by atoms with Gasteiger partial charge in [0.25, 0.3) is 0 Å². The van der Waals surface area contributed by atoms with Crippen LogP contribution in [0.5, 0.6) is 0 Å². The van der Waals surface area contributed by atoms with E-state index >= 15 is 0 Å². The number of benzene rings is 5. The number of rotatable bonds is 6. The highest BCUT2D eigenvalue weighted by molar-refractivity contribution is 7.88. The number of fused-ring (bicyclic) bond motifs is 1. The summed E-state index contributed by atoms with van der Waals surface area (Å²) in [5, 5.41) is 5.56. The normalized spacial score (nSPS) is 11.1. The lowest BCUT2D eigenvalue weighted by Crippen LogP contribution is -3.00. The first-order valence-corrected chi connectivity index (χ1v) is 13.0. The van der Waals surface area contributed by atoms with Crippen molar-refractivity contribution in [3.8, 4) is 0 Å². The zero-order valence-corrected chi connectivity index (χ0v) is 20.4. The van der Waals surface area contributed by atoms with Gasteiger partial charge in [0, 0.05) is 0 Å². The fraction of sp³-hybridized carbons (Fsp3) is 0.0667. The van der Waals surface area contributed by atoms with E-state index in [0.29, 0.717) is 0 Å². The predicted octanol–water partition coefficient (Wildman–Crippen LogP) is 4.21. The molecule has 0 aromatic heterocycles. The maximum atomic E-state index is 2.39. The van der Waals surface area contributed by atoms with Crippen molar-refractivity contribution >= 4 is 28.6 Å². The molecular formula is C30H26BrP. The first-order chi connectivity index (χ1) is 15.3. The first-order valence-electron chi connectivity index (χ1n) is 10.8. The van der Waals surface area contributed by atoms with Crippen LogP contribution in [0.25, 0.3) is 10.8 Å². The largest absolute Gasteiger partial charge is 1.00 e. The molecule has 5 aromatic rings. The van der Waals surface area contributed by atoms with Gasteiger partial charge >= 0.3 is 0 Å². The van der Waals surface area contributed by atoms with Crippen molar-refractivity contribution in [1.29, 1.82) is 0 Å². The average molecular weight is 497 g/mol. The smallest absolute Gasteiger partial charge is 0.0999 e. The van der Waals surface area contributed by atoms with Crippen LogP contribution in [-0.2, 0) is 12.3 Å². The Balaban J connectivity index is 0.00000245. The summed E-state index contributed by atoms with van der Waals surface area (Å²) in [5.41, 5.74) is 2.82. The highest BCUT2D eigenvalue weighted by Crippen LogP contribution is 2.61. The zero-order valence-electron chi connectivity index (χ0n) is 17.9. The van der Waals surface area contributed by atoms with Crippen molar-refractivity contribution in [3.05, 3.63) is 145 Å². The van der Waals surface area contributed by atoms with Crippen LogP contribution in [-0.4, -0.2) is 0 Å². The van der Waals surface area contributed by atoms with E-state index in [4.69, 9.17) is 0 Å². The molecule has 0 heterocycles. The predicted molar refractivity (Wildman–Crippen MR) is 137 cm³/mol. The summed E-state index contributed by atoms with van der Waals surface area (Å²) in [6.45, 7) is 0. The Hall–Kier alpha value is -2.73. The third-order valence-electron chi connectivity index (χ3n) is 6.06. The van der Waals surface area contributed by atoms with E-state index < -0.39 is 7.26 Å². The molecule has 0 N–H and O–H groups in total. The van der Waals surface area contributed by atoms with Crippen molar-refractivity contribution in [3.63, 3.8) is 0 Å². The molecule has 5 rings (SSSR count). The standard InChI is InChI=1S/C30H26P.BrH/c1-4-12-25(13-5-1)23-31(29-16-6-2-7-17-29,30-18-8-3-9-19-30)24-26-20-21-27-14-10-11-15-28(27)22-26;/h1-22H,23-24H2;1H/q+1;/p-1. The molecule has 0 spiro atoms. The fourth-order valence-corrected chi connectivity index (χ4v) is 8.82. The van der Waals surface area contributed by atoms with Gasteiger partial charge in [-0.05, 0) is 52.2 Å². The Bertz CT molecular complexity index is 1230. The highest BCUT2D eigenvalue weighted by atomic mass is 79.9. The van der Waals surface area contributed by atoms with E-state index in [-0.39, 0.29) is 17.0 Å². The molecule has 0 unspecified atom stereocenters. The average Bonchev–Trinajstić information content (AvgIpc) is 2.85. The van der Waals surface area contributed by atoms with Crippen molar-refractivity contribution in [1.82, 2.24) is 0 Å². The van der Waals surface area contributed by atoms with E-state index in [0.717, 1.165) is 12.3 Å². The molecule has 2 heteroatoms. The van der Waals surface area contributed by atoms with Gasteiger partial charge in [0.1, 0.15) is 0 Å². The monoisotopic (exact) mass is 496 g/mol. The molecule has 158 valence electrons. The SMILES string of the molecule is [Br-].c1ccc(C[P+](Cc2ccc3ccccc3c2)(c2ccccc2)c2ccccc2)cc1. The van der Waals surface area contributed by atoms with Gasteiger partial charge in [0.15, 0.2) is 0 Å². The summed E-state index contributed by atoms with van der Waals surface area (Å²) >= 11 is 0. The van der Waals surface area contributed by atoms with Crippen LogP contribution in [0.3, 0.4) is 0 Å². The molecule has 0 aliphatic heterocycles. The summed E-state index contributed by atoms with van der Waals surface area (Å²) in [7, 11) is -1.72. The van der Waals surface area contributed by atoms with Gasteiger partial charge in [0.05, 0.1) is 30.2 Å². The maximum absolute atomic E-state index is 2.39. The first kappa shape index (κ1) is 22.5. The van der Waals surface area contributed by atoms with Crippen molar-refractivity contribution in [2.45, 2.75) is 12.3 Å². The van der Waals surface area contributed by atoms with Gasteiger partial charge in [-0.2, -0.15) is 0 Å². The van der Waals surface area contributed by atoms with Crippen LogP contribution in [0, 0.1) is 0 Å². The van der Waals surface area contributed by atoms with E-state index in [9.17, 15) is 0 Å². The maximum Gasteiger partial charge on any atom is 0.0999 e.